The molecular weight excluding hydrogens is 210 g/mol. The molecular formula is C8H10F2N2O3. The van der Waals surface area contributed by atoms with E-state index < -0.39 is 18.6 Å². The zero-order valence-electron chi connectivity index (χ0n) is 7.93. The van der Waals surface area contributed by atoms with Crippen molar-refractivity contribution in [1.82, 2.24) is 9.55 Å². The Morgan fingerprint density at radius 2 is 2.40 bits per heavy atom. The molecule has 0 bridgehead atoms. The first-order valence-electron chi connectivity index (χ1n) is 4.16. The molecule has 0 fully saturated rings. The first-order valence-corrected chi connectivity index (χ1v) is 4.16. The van der Waals surface area contributed by atoms with Crippen molar-refractivity contribution in [1.29, 1.82) is 0 Å². The molecule has 0 aliphatic heterocycles. The van der Waals surface area contributed by atoms with Gasteiger partial charge in [-0.3, -0.25) is 4.57 Å². The van der Waals surface area contributed by atoms with Crippen LogP contribution in [0.15, 0.2) is 12.4 Å². The highest BCUT2D eigenvalue weighted by atomic mass is 19.3. The van der Waals surface area contributed by atoms with Gasteiger partial charge in [-0.1, -0.05) is 0 Å². The van der Waals surface area contributed by atoms with E-state index in [4.69, 9.17) is 9.84 Å². The number of halogens is 2. The number of imidazole rings is 1. The molecule has 0 aliphatic carbocycles. The molecule has 1 aromatic rings. The second-order valence-electron chi connectivity index (χ2n) is 2.82. The second kappa shape index (κ2) is 4.83. The quantitative estimate of drug-likeness (QED) is 0.811. The van der Waals surface area contributed by atoms with Crippen LogP contribution < -0.4 is 0 Å². The molecule has 1 aromatic heterocycles. The molecule has 1 atom stereocenters. The van der Waals surface area contributed by atoms with Gasteiger partial charge in [0.15, 0.2) is 6.10 Å². The average Bonchev–Trinajstić information content (AvgIpc) is 2.61. The van der Waals surface area contributed by atoms with Gasteiger partial charge in [-0.25, -0.2) is 9.78 Å². The normalized spacial score (nSPS) is 13.1. The van der Waals surface area contributed by atoms with Gasteiger partial charge in [-0.05, 0) is 6.92 Å². The van der Waals surface area contributed by atoms with Crippen LogP contribution in [0.3, 0.4) is 0 Å². The van der Waals surface area contributed by atoms with E-state index in [0.29, 0.717) is 4.57 Å². The van der Waals surface area contributed by atoms with Crippen molar-refractivity contribution in [2.45, 2.75) is 26.2 Å². The zero-order valence-corrected chi connectivity index (χ0v) is 7.93. The van der Waals surface area contributed by atoms with E-state index in [1.165, 1.54) is 13.1 Å². The summed E-state index contributed by atoms with van der Waals surface area (Å²) in [6, 6.07) is 0. The molecule has 84 valence electrons. The SMILES string of the molecule is C[C@@H](OCc1nccn1C(F)F)C(=O)O. The fraction of sp³-hybridized carbons (Fsp3) is 0.500. The van der Waals surface area contributed by atoms with E-state index in [1.807, 2.05) is 0 Å². The van der Waals surface area contributed by atoms with E-state index >= 15 is 0 Å². The van der Waals surface area contributed by atoms with Crippen LogP contribution in [0, 0.1) is 0 Å². The third-order valence-corrected chi connectivity index (χ3v) is 1.77. The molecule has 0 aromatic carbocycles. The maximum absolute atomic E-state index is 12.3. The molecule has 0 saturated heterocycles. The number of rotatable bonds is 5. The monoisotopic (exact) mass is 220 g/mol. The number of aliphatic carboxylic acids is 1. The van der Waals surface area contributed by atoms with Gasteiger partial charge in [0.25, 0.3) is 0 Å². The number of nitrogens with zero attached hydrogens (tertiary/aromatic N) is 2. The number of hydrogen-bond acceptors (Lipinski definition) is 3. The molecule has 1 rings (SSSR count). The largest absolute Gasteiger partial charge is 0.479 e. The summed E-state index contributed by atoms with van der Waals surface area (Å²) in [5.74, 6) is -1.15. The molecule has 1 N–H and O–H groups in total. The van der Waals surface area contributed by atoms with E-state index in [0.717, 1.165) is 6.20 Å². The Morgan fingerprint density at radius 3 is 2.93 bits per heavy atom. The molecule has 0 radical (unpaired) electrons. The Kier molecular flexibility index (Phi) is 3.73. The van der Waals surface area contributed by atoms with Gasteiger partial charge in [-0.15, -0.1) is 0 Å². The van der Waals surface area contributed by atoms with Crippen molar-refractivity contribution in [3.05, 3.63) is 18.2 Å². The molecule has 5 nitrogen and oxygen atoms in total. The van der Waals surface area contributed by atoms with E-state index in [9.17, 15) is 13.6 Å². The highest BCUT2D eigenvalue weighted by Gasteiger charge is 2.15. The zero-order chi connectivity index (χ0) is 11.4. The predicted molar refractivity (Wildman–Crippen MR) is 45.4 cm³/mol. The minimum Gasteiger partial charge on any atom is -0.479 e. The van der Waals surface area contributed by atoms with Crippen molar-refractivity contribution >= 4 is 5.97 Å². The van der Waals surface area contributed by atoms with Crippen LogP contribution in [0.2, 0.25) is 0 Å². The topological polar surface area (TPSA) is 64.4 Å². The lowest BCUT2D eigenvalue weighted by atomic mass is 10.4. The van der Waals surface area contributed by atoms with Crippen LogP contribution in [-0.4, -0.2) is 26.7 Å². The Hall–Kier alpha value is -1.50. The highest BCUT2D eigenvalue weighted by Crippen LogP contribution is 2.13. The number of hydrogen-bond donors (Lipinski definition) is 1. The molecule has 0 saturated carbocycles. The Labute approximate surface area is 84.3 Å². The third kappa shape index (κ3) is 2.98. The first-order chi connectivity index (χ1) is 7.02. The maximum Gasteiger partial charge on any atom is 0.332 e. The fourth-order valence-electron chi connectivity index (χ4n) is 0.904. The van der Waals surface area contributed by atoms with Crippen molar-refractivity contribution in [2.24, 2.45) is 0 Å². The lowest BCUT2D eigenvalue weighted by Crippen LogP contribution is -2.20. The van der Waals surface area contributed by atoms with Crippen LogP contribution in [0.4, 0.5) is 8.78 Å². The highest BCUT2D eigenvalue weighted by molar-refractivity contribution is 5.71. The smallest absolute Gasteiger partial charge is 0.332 e. The average molecular weight is 220 g/mol. The molecule has 7 heteroatoms. The van der Waals surface area contributed by atoms with Gasteiger partial charge in [-0.2, -0.15) is 8.78 Å². The van der Waals surface area contributed by atoms with Gasteiger partial charge in [0.1, 0.15) is 12.4 Å². The summed E-state index contributed by atoms with van der Waals surface area (Å²) >= 11 is 0. The van der Waals surface area contributed by atoms with Gasteiger partial charge < -0.3 is 9.84 Å². The van der Waals surface area contributed by atoms with Crippen molar-refractivity contribution in [3.8, 4) is 0 Å². The maximum atomic E-state index is 12.3. The molecule has 0 aliphatic rings. The third-order valence-electron chi connectivity index (χ3n) is 1.77. The summed E-state index contributed by atoms with van der Waals surface area (Å²) in [5.41, 5.74) is 0. The predicted octanol–water partition coefficient (Wildman–Crippen LogP) is 1.27. The van der Waals surface area contributed by atoms with Crippen LogP contribution in [0.5, 0.6) is 0 Å². The van der Waals surface area contributed by atoms with Gasteiger partial charge in [0.2, 0.25) is 0 Å². The molecule has 0 unspecified atom stereocenters. The summed E-state index contributed by atoms with van der Waals surface area (Å²) in [6.07, 6.45) is 1.26. The standard InChI is InChI=1S/C8H10F2N2O3/c1-5(7(13)14)15-4-6-11-2-3-12(6)8(9)10/h2-3,5,8H,4H2,1H3,(H,13,14)/t5-/m1/s1. The summed E-state index contributed by atoms with van der Waals surface area (Å²) in [6.45, 7) is -1.64. The van der Waals surface area contributed by atoms with Crippen molar-refractivity contribution in [3.63, 3.8) is 0 Å². The van der Waals surface area contributed by atoms with E-state index in [2.05, 4.69) is 4.98 Å². The summed E-state index contributed by atoms with van der Waals surface area (Å²) in [7, 11) is 0. The van der Waals surface area contributed by atoms with Gasteiger partial charge in [0.05, 0.1) is 0 Å². The first kappa shape index (κ1) is 11.6. The summed E-state index contributed by atoms with van der Waals surface area (Å²) in [4.78, 5) is 14.0. The summed E-state index contributed by atoms with van der Waals surface area (Å²) < 4.78 is 30.0. The second-order valence-corrected chi connectivity index (χ2v) is 2.82. The number of carboxylic acids is 1. The Bertz CT molecular complexity index is 340. The van der Waals surface area contributed by atoms with Crippen LogP contribution in [0.25, 0.3) is 0 Å². The van der Waals surface area contributed by atoms with Gasteiger partial charge in [0, 0.05) is 12.4 Å². The molecule has 1 heterocycles. The number of carbonyl (C=O) groups is 1. The van der Waals surface area contributed by atoms with E-state index in [1.54, 1.807) is 0 Å². The molecule has 15 heavy (non-hydrogen) atoms. The minimum absolute atomic E-state index is 0.00176. The van der Waals surface area contributed by atoms with E-state index in [-0.39, 0.29) is 12.4 Å². The lowest BCUT2D eigenvalue weighted by molar-refractivity contribution is -0.150. The van der Waals surface area contributed by atoms with Gasteiger partial charge >= 0.3 is 12.5 Å². The van der Waals surface area contributed by atoms with Crippen molar-refractivity contribution in [2.75, 3.05) is 0 Å². The minimum atomic E-state index is -2.70. The number of ether oxygens (including phenoxy) is 1. The Balaban J connectivity index is 2.57. The van der Waals surface area contributed by atoms with Crippen LogP contribution in [0.1, 0.15) is 19.3 Å². The van der Waals surface area contributed by atoms with Crippen molar-refractivity contribution < 1.29 is 23.4 Å². The van der Waals surface area contributed by atoms with Crippen LogP contribution >= 0.6 is 0 Å². The fourth-order valence-corrected chi connectivity index (χ4v) is 0.904. The number of carboxylic acid groups (broad SMARTS) is 1. The number of alkyl halides is 2. The summed E-state index contributed by atoms with van der Waals surface area (Å²) in [5, 5.41) is 8.49. The molecule has 0 amide bonds. The molecule has 0 spiro atoms. The number of aromatic nitrogens is 2. The lowest BCUT2D eigenvalue weighted by Gasteiger charge is -2.09. The van der Waals surface area contributed by atoms with Crippen LogP contribution in [-0.2, 0) is 16.1 Å². The Morgan fingerprint density at radius 1 is 1.73 bits per heavy atom.